The molecule has 0 spiro atoms. The monoisotopic (exact) mass is 239 g/mol. The van der Waals surface area contributed by atoms with Gasteiger partial charge in [0, 0.05) is 11.5 Å². The normalized spacial score (nSPS) is 22.8. The van der Waals surface area contributed by atoms with E-state index in [0.717, 1.165) is 29.4 Å². The Morgan fingerprint density at radius 3 is 3.12 bits per heavy atom. The van der Waals surface area contributed by atoms with E-state index in [2.05, 4.69) is 0 Å². The highest BCUT2D eigenvalue weighted by Crippen LogP contribution is 2.25. The van der Waals surface area contributed by atoms with Crippen molar-refractivity contribution >= 4 is 11.8 Å². The third-order valence-electron chi connectivity index (χ3n) is 2.72. The Bertz CT molecular complexity index is 340. The summed E-state index contributed by atoms with van der Waals surface area (Å²) in [5.41, 5.74) is 7.28. The topological polar surface area (TPSA) is 44.5 Å². The van der Waals surface area contributed by atoms with Gasteiger partial charge >= 0.3 is 0 Å². The fourth-order valence-corrected chi connectivity index (χ4v) is 2.69. The number of nitrogens with two attached hydrogens (primary N) is 1. The van der Waals surface area contributed by atoms with Crippen molar-refractivity contribution in [3.63, 3.8) is 0 Å². The summed E-state index contributed by atoms with van der Waals surface area (Å²) in [5, 5.41) is 0. The molecule has 1 fully saturated rings. The zero-order valence-corrected chi connectivity index (χ0v) is 10.2. The van der Waals surface area contributed by atoms with Crippen LogP contribution in [0.2, 0.25) is 0 Å². The largest absolute Gasteiger partial charge is 0.497 e. The van der Waals surface area contributed by atoms with Gasteiger partial charge in [-0.1, -0.05) is 12.1 Å². The summed E-state index contributed by atoms with van der Waals surface area (Å²) >= 11 is 1.90. The Hall–Kier alpha value is -0.710. The summed E-state index contributed by atoms with van der Waals surface area (Å²) in [6.45, 7) is 0.799. The maximum atomic E-state index is 6.20. The maximum absolute atomic E-state index is 6.20. The van der Waals surface area contributed by atoms with Crippen LogP contribution >= 0.6 is 11.8 Å². The van der Waals surface area contributed by atoms with Crippen LogP contribution in [0.5, 0.6) is 5.75 Å². The number of thioether (sulfide) groups is 1. The number of rotatable bonds is 3. The fraction of sp³-hybridized carbons (Fsp3) is 0.500. The summed E-state index contributed by atoms with van der Waals surface area (Å²) in [6, 6.07) is 7.82. The molecule has 1 heterocycles. The minimum atomic E-state index is -0.0668. The van der Waals surface area contributed by atoms with Crippen molar-refractivity contribution in [2.75, 3.05) is 25.2 Å². The lowest BCUT2D eigenvalue weighted by molar-refractivity contribution is 0.0569. The maximum Gasteiger partial charge on any atom is 0.119 e. The van der Waals surface area contributed by atoms with E-state index in [9.17, 15) is 0 Å². The van der Waals surface area contributed by atoms with Crippen LogP contribution in [0.1, 0.15) is 11.6 Å². The van der Waals surface area contributed by atoms with E-state index in [4.69, 9.17) is 15.2 Å². The van der Waals surface area contributed by atoms with Crippen LogP contribution in [0.25, 0.3) is 0 Å². The highest BCUT2D eigenvalue weighted by molar-refractivity contribution is 7.99. The molecule has 0 saturated carbocycles. The quantitative estimate of drug-likeness (QED) is 0.874. The summed E-state index contributed by atoms with van der Waals surface area (Å²) in [7, 11) is 1.66. The van der Waals surface area contributed by atoms with E-state index in [-0.39, 0.29) is 12.1 Å². The molecule has 2 rings (SSSR count). The van der Waals surface area contributed by atoms with Gasteiger partial charge in [-0.25, -0.2) is 0 Å². The first kappa shape index (κ1) is 11.8. The average Bonchev–Trinajstić information content (AvgIpc) is 2.39. The summed E-state index contributed by atoms with van der Waals surface area (Å²) < 4.78 is 10.9. The molecular weight excluding hydrogens is 222 g/mol. The van der Waals surface area contributed by atoms with Gasteiger partial charge in [-0.3, -0.25) is 0 Å². The lowest BCUT2D eigenvalue weighted by Crippen LogP contribution is -2.34. The van der Waals surface area contributed by atoms with Gasteiger partial charge in [-0.2, -0.15) is 11.8 Å². The van der Waals surface area contributed by atoms with Crippen LogP contribution in [0.3, 0.4) is 0 Å². The lowest BCUT2D eigenvalue weighted by atomic mass is 10.0. The standard InChI is InChI=1S/C12H17NO2S/c1-14-10-4-2-3-9(7-10)12(13)11-8-16-6-5-15-11/h2-4,7,11-12H,5-6,8,13H2,1H3. The molecule has 4 heteroatoms. The zero-order chi connectivity index (χ0) is 11.4. The van der Waals surface area contributed by atoms with Crippen LogP contribution in [0, 0.1) is 0 Å². The minimum absolute atomic E-state index is 0.0668. The predicted octanol–water partition coefficient (Wildman–Crippen LogP) is 1.83. The molecule has 0 bridgehead atoms. The molecule has 88 valence electrons. The molecule has 0 aromatic heterocycles. The second-order valence-electron chi connectivity index (χ2n) is 3.79. The van der Waals surface area contributed by atoms with Crippen molar-refractivity contribution < 1.29 is 9.47 Å². The van der Waals surface area contributed by atoms with E-state index >= 15 is 0 Å². The SMILES string of the molecule is COc1cccc(C(N)C2CSCCO2)c1. The highest BCUT2D eigenvalue weighted by Gasteiger charge is 2.23. The van der Waals surface area contributed by atoms with Gasteiger partial charge in [-0.15, -0.1) is 0 Å². The molecule has 2 atom stereocenters. The molecule has 0 aliphatic carbocycles. The Balaban J connectivity index is 2.09. The molecule has 0 radical (unpaired) electrons. The molecule has 16 heavy (non-hydrogen) atoms. The molecule has 2 unspecified atom stereocenters. The van der Waals surface area contributed by atoms with Crippen LogP contribution < -0.4 is 10.5 Å². The van der Waals surface area contributed by atoms with E-state index in [1.165, 1.54) is 0 Å². The van der Waals surface area contributed by atoms with Crippen molar-refractivity contribution in [3.05, 3.63) is 29.8 Å². The Morgan fingerprint density at radius 2 is 2.44 bits per heavy atom. The second-order valence-corrected chi connectivity index (χ2v) is 4.94. The van der Waals surface area contributed by atoms with Crippen molar-refractivity contribution in [1.29, 1.82) is 0 Å². The Kier molecular flexibility index (Phi) is 4.09. The summed E-state index contributed by atoms with van der Waals surface area (Å²) in [4.78, 5) is 0. The molecule has 1 saturated heterocycles. The van der Waals surface area contributed by atoms with E-state index in [0.29, 0.717) is 0 Å². The van der Waals surface area contributed by atoms with Gasteiger partial charge in [0.2, 0.25) is 0 Å². The van der Waals surface area contributed by atoms with Crippen LogP contribution in [-0.2, 0) is 4.74 Å². The van der Waals surface area contributed by atoms with Crippen molar-refractivity contribution in [2.45, 2.75) is 12.1 Å². The fourth-order valence-electron chi connectivity index (χ4n) is 1.78. The summed E-state index contributed by atoms with van der Waals surface area (Å²) in [5.74, 6) is 2.89. The molecule has 3 nitrogen and oxygen atoms in total. The first-order valence-corrected chi connectivity index (χ1v) is 6.55. The van der Waals surface area contributed by atoms with Crippen LogP contribution in [0.15, 0.2) is 24.3 Å². The van der Waals surface area contributed by atoms with Gasteiger partial charge in [0.1, 0.15) is 5.75 Å². The number of hydrogen-bond acceptors (Lipinski definition) is 4. The van der Waals surface area contributed by atoms with E-state index in [1.54, 1.807) is 7.11 Å². The van der Waals surface area contributed by atoms with Gasteiger partial charge < -0.3 is 15.2 Å². The number of benzene rings is 1. The first-order chi connectivity index (χ1) is 7.81. The number of ether oxygens (including phenoxy) is 2. The molecule has 0 amide bonds. The van der Waals surface area contributed by atoms with Gasteiger partial charge in [0.15, 0.2) is 0 Å². The average molecular weight is 239 g/mol. The number of hydrogen-bond donors (Lipinski definition) is 1. The lowest BCUT2D eigenvalue weighted by Gasteiger charge is -2.28. The highest BCUT2D eigenvalue weighted by atomic mass is 32.2. The Labute approximate surface area is 100 Å². The molecule has 1 aliphatic rings. The minimum Gasteiger partial charge on any atom is -0.497 e. The molecule has 1 aliphatic heterocycles. The molecule has 1 aromatic carbocycles. The Morgan fingerprint density at radius 1 is 1.56 bits per heavy atom. The van der Waals surface area contributed by atoms with Crippen LogP contribution in [-0.4, -0.2) is 31.3 Å². The van der Waals surface area contributed by atoms with Crippen LogP contribution in [0.4, 0.5) is 0 Å². The zero-order valence-electron chi connectivity index (χ0n) is 9.39. The number of methoxy groups -OCH3 is 1. The van der Waals surface area contributed by atoms with E-state index in [1.807, 2.05) is 36.0 Å². The first-order valence-electron chi connectivity index (χ1n) is 5.40. The third-order valence-corrected chi connectivity index (χ3v) is 3.74. The van der Waals surface area contributed by atoms with Crippen molar-refractivity contribution in [1.82, 2.24) is 0 Å². The smallest absolute Gasteiger partial charge is 0.119 e. The van der Waals surface area contributed by atoms with Crippen molar-refractivity contribution in [3.8, 4) is 5.75 Å². The second kappa shape index (κ2) is 5.57. The molecular formula is C12H17NO2S. The molecule has 1 aromatic rings. The third kappa shape index (κ3) is 2.70. The van der Waals surface area contributed by atoms with Gasteiger partial charge in [0.25, 0.3) is 0 Å². The van der Waals surface area contributed by atoms with Gasteiger partial charge in [-0.05, 0) is 17.7 Å². The van der Waals surface area contributed by atoms with Crippen molar-refractivity contribution in [2.24, 2.45) is 5.73 Å². The summed E-state index contributed by atoms with van der Waals surface area (Å²) in [6.07, 6.45) is 0.117. The van der Waals surface area contributed by atoms with E-state index < -0.39 is 0 Å². The molecule has 2 N–H and O–H groups in total. The van der Waals surface area contributed by atoms with Gasteiger partial charge in [0.05, 0.1) is 25.9 Å². The predicted molar refractivity (Wildman–Crippen MR) is 67.0 cm³/mol.